The number of aromatic nitrogens is 4. The van der Waals surface area contributed by atoms with Crippen LogP contribution in [0.2, 0.25) is 0 Å². The number of halogens is 2. The van der Waals surface area contributed by atoms with Crippen molar-refractivity contribution >= 4 is 0 Å². The Kier molecular flexibility index (Phi) is 11.2. The van der Waals surface area contributed by atoms with Crippen LogP contribution in [0.4, 0.5) is 8.78 Å². The van der Waals surface area contributed by atoms with Crippen molar-refractivity contribution < 1.29 is 18.3 Å². The second-order valence-electron chi connectivity index (χ2n) is 16.6. The minimum Gasteiger partial charge on any atom is -0.375 e. The lowest BCUT2D eigenvalue weighted by Gasteiger charge is -2.46. The van der Waals surface area contributed by atoms with Gasteiger partial charge in [-0.05, 0) is 125 Å². The summed E-state index contributed by atoms with van der Waals surface area (Å²) in [6.07, 6.45) is 23.2. The van der Waals surface area contributed by atoms with E-state index in [0.29, 0.717) is 31.0 Å². The molecule has 286 valence electrons. The van der Waals surface area contributed by atoms with Crippen LogP contribution in [-0.2, 0) is 33.4 Å². The molecule has 8 rings (SSSR count). The first kappa shape index (κ1) is 37.2. The molecule has 2 aliphatic heterocycles. The third-order valence-corrected chi connectivity index (χ3v) is 13.0. The number of hydrogen-bond acceptors (Lipinski definition) is 8. The lowest BCUT2D eigenvalue weighted by Crippen LogP contribution is -2.47. The van der Waals surface area contributed by atoms with E-state index in [9.17, 15) is 4.39 Å². The Balaban J connectivity index is 0.916. The zero-order chi connectivity index (χ0) is 36.9. The molecule has 4 fully saturated rings. The minimum absolute atomic E-state index is 0.0180. The van der Waals surface area contributed by atoms with Crippen molar-refractivity contribution in [3.8, 4) is 11.3 Å². The smallest absolute Gasteiger partial charge is 0.149 e. The van der Waals surface area contributed by atoms with Gasteiger partial charge in [-0.1, -0.05) is 31.7 Å². The summed E-state index contributed by atoms with van der Waals surface area (Å²) < 4.78 is 42.3. The van der Waals surface area contributed by atoms with Gasteiger partial charge in [0.25, 0.3) is 0 Å². The summed E-state index contributed by atoms with van der Waals surface area (Å²) >= 11 is 0. The van der Waals surface area contributed by atoms with Crippen molar-refractivity contribution in [1.29, 1.82) is 0 Å². The summed E-state index contributed by atoms with van der Waals surface area (Å²) in [4.78, 5) is 18.4. The summed E-state index contributed by atoms with van der Waals surface area (Å²) in [6, 6.07) is 13.4. The van der Waals surface area contributed by atoms with Gasteiger partial charge < -0.3 is 20.1 Å². The van der Waals surface area contributed by atoms with Crippen molar-refractivity contribution in [1.82, 2.24) is 30.6 Å². The Morgan fingerprint density at radius 1 is 0.630 bits per heavy atom. The van der Waals surface area contributed by atoms with E-state index >= 15 is 4.39 Å². The molecule has 8 nitrogen and oxygen atoms in total. The quantitative estimate of drug-likeness (QED) is 0.133. The number of nitrogens with one attached hydrogen (secondary N) is 2. The molecule has 10 heteroatoms. The summed E-state index contributed by atoms with van der Waals surface area (Å²) in [5.41, 5.74) is 4.48. The molecule has 0 bridgehead atoms. The molecular weight excluding hydrogens is 683 g/mol. The van der Waals surface area contributed by atoms with Crippen molar-refractivity contribution in [3.63, 3.8) is 0 Å². The van der Waals surface area contributed by atoms with Gasteiger partial charge in [0.15, 0.2) is 0 Å². The van der Waals surface area contributed by atoms with Crippen LogP contribution in [0.3, 0.4) is 0 Å². The number of rotatable bonds is 13. The average Bonchev–Trinajstić information content (AvgIpc) is 3.85. The number of pyridine rings is 4. The Bertz CT molecular complexity index is 1850. The molecule has 2 aliphatic carbocycles. The maximum absolute atomic E-state index is 15.7. The monoisotopic (exact) mass is 736 g/mol. The van der Waals surface area contributed by atoms with Gasteiger partial charge >= 0.3 is 0 Å². The molecule has 6 heterocycles. The molecule has 2 atom stereocenters. The molecule has 2 N–H and O–H groups in total. The van der Waals surface area contributed by atoms with Gasteiger partial charge in [-0.2, -0.15) is 0 Å². The highest BCUT2D eigenvalue weighted by molar-refractivity contribution is 5.59. The predicted octanol–water partition coefficient (Wildman–Crippen LogP) is 8.29. The molecule has 54 heavy (non-hydrogen) atoms. The van der Waals surface area contributed by atoms with Crippen molar-refractivity contribution in [2.45, 2.75) is 125 Å². The fourth-order valence-corrected chi connectivity index (χ4v) is 10.2. The van der Waals surface area contributed by atoms with Gasteiger partial charge in [0, 0.05) is 78.9 Å². The third kappa shape index (κ3) is 8.13. The molecule has 4 aliphatic rings. The van der Waals surface area contributed by atoms with Crippen LogP contribution in [0.15, 0.2) is 73.4 Å². The van der Waals surface area contributed by atoms with E-state index in [-0.39, 0.29) is 33.7 Å². The van der Waals surface area contributed by atoms with Crippen molar-refractivity contribution in [2.75, 3.05) is 26.3 Å². The van der Waals surface area contributed by atoms with E-state index in [1.54, 1.807) is 24.7 Å². The summed E-state index contributed by atoms with van der Waals surface area (Å²) in [6.45, 7) is 4.10. The summed E-state index contributed by atoms with van der Waals surface area (Å²) in [7, 11) is 0. The van der Waals surface area contributed by atoms with Crippen LogP contribution in [-0.4, -0.2) is 57.4 Å². The molecular formula is C44H54F2N6O2. The standard InChI is InChI=1S/C44H54F2N6O2/c45-36-23-33(27-49-30-36)25-47-20-15-42(17-22-54-44(32-42)12-4-5-13-44)39-9-8-35(29-51-39)40-37(46)24-34(28-52-40)26-48-19-14-41(38-7-1-6-18-50-38)16-21-53-43(31-41)10-2-3-11-43/h1,6-9,18,23-24,27-30,47-48H,2-5,10-17,19-22,25-26,31-32H2/t41-,42?/m1/s1. The minimum atomic E-state index is -0.344. The maximum Gasteiger partial charge on any atom is 0.149 e. The zero-order valence-corrected chi connectivity index (χ0v) is 31.4. The van der Waals surface area contributed by atoms with E-state index in [1.807, 2.05) is 18.3 Å². The van der Waals surface area contributed by atoms with Gasteiger partial charge in [-0.3, -0.25) is 19.9 Å². The van der Waals surface area contributed by atoms with Crippen LogP contribution in [0.1, 0.15) is 112 Å². The normalized spacial score (nSPS) is 24.7. The van der Waals surface area contributed by atoms with Gasteiger partial charge in [-0.25, -0.2) is 8.78 Å². The summed E-state index contributed by atoms with van der Waals surface area (Å²) in [5.74, 6) is -0.671. The highest BCUT2D eigenvalue weighted by Crippen LogP contribution is 2.51. The van der Waals surface area contributed by atoms with Gasteiger partial charge in [0.05, 0.1) is 17.4 Å². The van der Waals surface area contributed by atoms with E-state index in [0.717, 1.165) is 106 Å². The Morgan fingerprint density at radius 2 is 1.26 bits per heavy atom. The molecule has 2 spiro atoms. The largest absolute Gasteiger partial charge is 0.375 e. The van der Waals surface area contributed by atoms with Gasteiger partial charge in [0.2, 0.25) is 0 Å². The molecule has 2 saturated carbocycles. The van der Waals surface area contributed by atoms with Gasteiger partial charge in [0.1, 0.15) is 17.3 Å². The average molecular weight is 737 g/mol. The molecule has 0 aromatic carbocycles. The van der Waals surface area contributed by atoms with Crippen molar-refractivity contribution in [2.24, 2.45) is 0 Å². The van der Waals surface area contributed by atoms with E-state index in [4.69, 9.17) is 19.4 Å². The lowest BCUT2D eigenvalue weighted by atomic mass is 9.68. The van der Waals surface area contributed by atoms with Crippen LogP contribution in [0, 0.1) is 11.6 Å². The van der Waals surface area contributed by atoms with E-state index < -0.39 is 0 Å². The predicted molar refractivity (Wildman–Crippen MR) is 205 cm³/mol. The number of ether oxygens (including phenoxy) is 2. The highest BCUT2D eigenvalue weighted by atomic mass is 19.1. The Morgan fingerprint density at radius 3 is 1.81 bits per heavy atom. The number of hydrogen-bond donors (Lipinski definition) is 2. The first-order valence-corrected chi connectivity index (χ1v) is 20.2. The topological polar surface area (TPSA) is 94.1 Å². The van der Waals surface area contributed by atoms with Crippen LogP contribution in [0.5, 0.6) is 0 Å². The zero-order valence-electron chi connectivity index (χ0n) is 31.4. The molecule has 1 unspecified atom stereocenters. The SMILES string of the molecule is Fc1cncc(CNCCC2(c3ccc(-c4ncc(CNCC[C@@]5(c6ccccn6)CCOC6(CCCC6)C5)cc4F)cn3)CCOC3(CCCC3)C2)c1. The van der Waals surface area contributed by atoms with Crippen LogP contribution in [0.25, 0.3) is 11.3 Å². The number of nitrogens with zero attached hydrogens (tertiary/aromatic N) is 4. The Labute approximate surface area is 318 Å². The first-order valence-electron chi connectivity index (χ1n) is 20.2. The third-order valence-electron chi connectivity index (χ3n) is 13.0. The fraction of sp³-hybridized carbons (Fsp3) is 0.545. The summed E-state index contributed by atoms with van der Waals surface area (Å²) in [5, 5.41) is 7.09. The van der Waals surface area contributed by atoms with E-state index in [2.05, 4.69) is 38.8 Å². The Hall–Kier alpha value is -3.70. The second-order valence-corrected chi connectivity index (χ2v) is 16.6. The molecule has 2 saturated heterocycles. The first-order chi connectivity index (χ1) is 26.4. The highest BCUT2D eigenvalue weighted by Gasteiger charge is 2.49. The molecule has 0 radical (unpaired) electrons. The van der Waals surface area contributed by atoms with Gasteiger partial charge in [-0.15, -0.1) is 0 Å². The van der Waals surface area contributed by atoms with Crippen LogP contribution >= 0.6 is 0 Å². The van der Waals surface area contributed by atoms with E-state index in [1.165, 1.54) is 37.9 Å². The van der Waals surface area contributed by atoms with Crippen LogP contribution < -0.4 is 10.6 Å². The van der Waals surface area contributed by atoms with Crippen molar-refractivity contribution in [3.05, 3.63) is 108 Å². The molecule has 0 amide bonds. The second kappa shape index (κ2) is 16.2. The molecule has 4 aromatic heterocycles. The maximum atomic E-state index is 15.7. The lowest BCUT2D eigenvalue weighted by molar-refractivity contribution is -0.104. The molecule has 4 aromatic rings. The fourth-order valence-electron chi connectivity index (χ4n) is 10.2.